The largest absolute Gasteiger partial charge is 0.312 e. The Labute approximate surface area is 112 Å². The SMILES string of the molecule is CCn1ccnc(S(=O)Cc2cccc(F)c2)c1=O. The molecule has 0 bridgehead atoms. The summed E-state index contributed by atoms with van der Waals surface area (Å²) in [5.41, 5.74) is 0.214. The summed E-state index contributed by atoms with van der Waals surface area (Å²) in [5, 5.41) is 0.00797. The van der Waals surface area contributed by atoms with Crippen LogP contribution >= 0.6 is 0 Å². The molecule has 1 heterocycles. The number of hydrogen-bond acceptors (Lipinski definition) is 3. The maximum Gasteiger partial charge on any atom is 0.285 e. The van der Waals surface area contributed by atoms with E-state index in [-0.39, 0.29) is 22.2 Å². The molecular weight excluding hydrogens is 267 g/mol. The zero-order valence-electron chi connectivity index (χ0n) is 10.4. The maximum absolute atomic E-state index is 13.0. The lowest BCUT2D eigenvalue weighted by molar-refractivity contribution is 0.626. The second kappa shape index (κ2) is 5.88. The van der Waals surface area contributed by atoms with E-state index in [9.17, 15) is 13.4 Å². The van der Waals surface area contributed by atoms with Crippen LogP contribution in [0.3, 0.4) is 0 Å². The quantitative estimate of drug-likeness (QED) is 0.856. The van der Waals surface area contributed by atoms with E-state index in [0.717, 1.165) is 0 Å². The second-order valence-corrected chi connectivity index (χ2v) is 5.31. The average Bonchev–Trinajstić information content (AvgIpc) is 2.39. The van der Waals surface area contributed by atoms with E-state index < -0.39 is 10.8 Å². The summed E-state index contributed by atoms with van der Waals surface area (Å²) in [5.74, 6) is -0.310. The number of rotatable bonds is 4. The highest BCUT2D eigenvalue weighted by molar-refractivity contribution is 7.84. The summed E-state index contributed by atoms with van der Waals surface area (Å²) >= 11 is 0. The van der Waals surface area contributed by atoms with Crippen LogP contribution in [0.2, 0.25) is 0 Å². The Bertz CT molecular complexity index is 670. The van der Waals surface area contributed by atoms with Crippen LogP contribution in [0.1, 0.15) is 12.5 Å². The first-order valence-corrected chi connectivity index (χ1v) is 7.12. The summed E-state index contributed by atoms with van der Waals surface area (Å²) in [6, 6.07) is 5.84. The zero-order chi connectivity index (χ0) is 13.8. The van der Waals surface area contributed by atoms with Crippen molar-refractivity contribution in [3.05, 3.63) is 58.4 Å². The van der Waals surface area contributed by atoms with E-state index in [2.05, 4.69) is 4.98 Å². The van der Waals surface area contributed by atoms with Gasteiger partial charge in [0.15, 0.2) is 5.03 Å². The Kier molecular flexibility index (Phi) is 4.21. The first kappa shape index (κ1) is 13.6. The molecule has 1 unspecified atom stereocenters. The molecule has 1 aromatic carbocycles. The Morgan fingerprint density at radius 1 is 1.42 bits per heavy atom. The summed E-state index contributed by atoms with van der Waals surface area (Å²) in [6.45, 7) is 2.31. The molecule has 4 nitrogen and oxygen atoms in total. The maximum atomic E-state index is 13.0. The lowest BCUT2D eigenvalue weighted by atomic mass is 10.2. The molecule has 0 spiro atoms. The van der Waals surface area contributed by atoms with E-state index in [0.29, 0.717) is 12.1 Å². The molecule has 100 valence electrons. The van der Waals surface area contributed by atoms with E-state index in [4.69, 9.17) is 0 Å². The fraction of sp³-hybridized carbons (Fsp3) is 0.231. The topological polar surface area (TPSA) is 52.0 Å². The highest BCUT2D eigenvalue weighted by Crippen LogP contribution is 2.09. The fourth-order valence-electron chi connectivity index (χ4n) is 1.68. The molecule has 0 saturated carbocycles. The van der Waals surface area contributed by atoms with Crippen LogP contribution in [-0.2, 0) is 23.1 Å². The third-order valence-electron chi connectivity index (χ3n) is 2.63. The average molecular weight is 280 g/mol. The molecule has 1 atom stereocenters. The molecule has 0 saturated heterocycles. The monoisotopic (exact) mass is 280 g/mol. The van der Waals surface area contributed by atoms with Crippen molar-refractivity contribution in [2.75, 3.05) is 0 Å². The zero-order valence-corrected chi connectivity index (χ0v) is 11.2. The van der Waals surface area contributed by atoms with Gasteiger partial charge in [0.1, 0.15) is 5.82 Å². The summed E-state index contributed by atoms with van der Waals surface area (Å²) in [6.07, 6.45) is 2.99. The Hall–Kier alpha value is -1.82. The first-order chi connectivity index (χ1) is 9.11. The molecule has 0 aliphatic heterocycles. The van der Waals surface area contributed by atoms with Gasteiger partial charge in [-0.2, -0.15) is 0 Å². The molecule has 0 fully saturated rings. The third kappa shape index (κ3) is 3.14. The van der Waals surface area contributed by atoms with Crippen LogP contribution in [0, 0.1) is 5.82 Å². The standard InChI is InChI=1S/C13H13FN2O2S/c1-2-16-7-6-15-12(13(16)17)19(18)9-10-4-3-5-11(14)8-10/h3-8H,2,9H2,1H3. The van der Waals surface area contributed by atoms with Crippen molar-refractivity contribution in [3.63, 3.8) is 0 Å². The third-order valence-corrected chi connectivity index (χ3v) is 3.93. The van der Waals surface area contributed by atoms with Crippen LogP contribution in [-0.4, -0.2) is 13.8 Å². The molecule has 0 aliphatic carbocycles. The van der Waals surface area contributed by atoms with Crippen molar-refractivity contribution in [2.24, 2.45) is 0 Å². The lowest BCUT2D eigenvalue weighted by Crippen LogP contribution is -2.24. The molecule has 0 amide bonds. The van der Waals surface area contributed by atoms with Crippen LogP contribution < -0.4 is 5.56 Å². The summed E-state index contributed by atoms with van der Waals surface area (Å²) < 4.78 is 26.6. The van der Waals surface area contributed by atoms with Gasteiger partial charge in [0.05, 0.1) is 16.6 Å². The lowest BCUT2D eigenvalue weighted by Gasteiger charge is -2.05. The predicted molar refractivity (Wildman–Crippen MR) is 70.7 cm³/mol. The van der Waals surface area contributed by atoms with E-state index in [1.165, 1.54) is 22.9 Å². The Morgan fingerprint density at radius 3 is 2.89 bits per heavy atom. The molecular formula is C13H13FN2O2S. The van der Waals surface area contributed by atoms with E-state index in [1.54, 1.807) is 18.3 Å². The molecule has 1 aromatic heterocycles. The van der Waals surface area contributed by atoms with Gasteiger partial charge in [-0.3, -0.25) is 9.00 Å². The minimum Gasteiger partial charge on any atom is -0.312 e. The number of aryl methyl sites for hydroxylation is 1. The molecule has 0 radical (unpaired) electrons. The van der Waals surface area contributed by atoms with Gasteiger partial charge in [0.2, 0.25) is 0 Å². The van der Waals surface area contributed by atoms with Crippen molar-refractivity contribution in [3.8, 4) is 0 Å². The molecule has 2 aromatic rings. The molecule has 6 heteroatoms. The molecule has 0 aliphatic rings. The van der Waals surface area contributed by atoms with Crippen LogP contribution in [0.25, 0.3) is 0 Å². The molecule has 19 heavy (non-hydrogen) atoms. The summed E-state index contributed by atoms with van der Waals surface area (Å²) in [7, 11) is -1.58. The van der Waals surface area contributed by atoms with Gasteiger partial charge >= 0.3 is 0 Å². The van der Waals surface area contributed by atoms with Gasteiger partial charge in [0.25, 0.3) is 5.56 Å². The molecule has 0 N–H and O–H groups in total. The number of halogens is 1. The second-order valence-electron chi connectivity index (χ2n) is 3.94. The van der Waals surface area contributed by atoms with Crippen LogP contribution in [0.4, 0.5) is 4.39 Å². The van der Waals surface area contributed by atoms with Gasteiger partial charge in [0, 0.05) is 18.9 Å². The van der Waals surface area contributed by atoms with Gasteiger partial charge in [-0.1, -0.05) is 12.1 Å². The molecule has 2 rings (SSSR count). The number of hydrogen-bond donors (Lipinski definition) is 0. The predicted octanol–water partition coefficient (Wildman–Crippen LogP) is 1.71. The van der Waals surface area contributed by atoms with Crippen molar-refractivity contribution in [1.29, 1.82) is 0 Å². The number of benzene rings is 1. The normalized spacial score (nSPS) is 12.3. The van der Waals surface area contributed by atoms with Crippen LogP contribution in [0.15, 0.2) is 46.5 Å². The minimum absolute atomic E-state index is 0.00797. The van der Waals surface area contributed by atoms with Crippen molar-refractivity contribution >= 4 is 10.8 Å². The van der Waals surface area contributed by atoms with Crippen molar-refractivity contribution < 1.29 is 8.60 Å². The van der Waals surface area contributed by atoms with Crippen molar-refractivity contribution in [2.45, 2.75) is 24.2 Å². The van der Waals surface area contributed by atoms with E-state index in [1.807, 2.05) is 6.92 Å². The number of aromatic nitrogens is 2. The van der Waals surface area contributed by atoms with Gasteiger partial charge in [-0.25, -0.2) is 9.37 Å². The first-order valence-electron chi connectivity index (χ1n) is 5.80. The highest BCUT2D eigenvalue weighted by Gasteiger charge is 2.13. The Morgan fingerprint density at radius 2 is 2.21 bits per heavy atom. The number of nitrogens with zero attached hydrogens (tertiary/aromatic N) is 2. The Balaban J connectivity index is 2.28. The van der Waals surface area contributed by atoms with Crippen molar-refractivity contribution in [1.82, 2.24) is 9.55 Å². The smallest absolute Gasteiger partial charge is 0.285 e. The van der Waals surface area contributed by atoms with Crippen LogP contribution in [0.5, 0.6) is 0 Å². The van der Waals surface area contributed by atoms with Gasteiger partial charge in [-0.05, 0) is 24.6 Å². The summed E-state index contributed by atoms with van der Waals surface area (Å²) in [4.78, 5) is 15.8. The van der Waals surface area contributed by atoms with E-state index >= 15 is 0 Å². The van der Waals surface area contributed by atoms with Gasteiger partial charge < -0.3 is 4.57 Å². The fourth-order valence-corrected chi connectivity index (χ4v) is 2.79. The minimum atomic E-state index is -1.58. The highest BCUT2D eigenvalue weighted by atomic mass is 32.2. The van der Waals surface area contributed by atoms with Gasteiger partial charge in [-0.15, -0.1) is 0 Å².